The van der Waals surface area contributed by atoms with Crippen molar-refractivity contribution in [2.24, 2.45) is 9.98 Å². The van der Waals surface area contributed by atoms with Gasteiger partial charge in [-0.2, -0.15) is 0 Å². The molecule has 0 fully saturated rings. The summed E-state index contributed by atoms with van der Waals surface area (Å²) in [6.45, 7) is 0. The van der Waals surface area contributed by atoms with Crippen molar-refractivity contribution in [1.82, 2.24) is 19.9 Å². The Labute approximate surface area is 291 Å². The van der Waals surface area contributed by atoms with Crippen LogP contribution >= 0.6 is 0 Å². The van der Waals surface area contributed by atoms with Crippen LogP contribution in [0.4, 0.5) is 0 Å². The lowest BCUT2D eigenvalue weighted by molar-refractivity contribution is 1.16. The summed E-state index contributed by atoms with van der Waals surface area (Å²) >= 11 is 0. The summed E-state index contributed by atoms with van der Waals surface area (Å²) in [5.74, 6) is 0. The topological polar surface area (TPSA) is 76.3 Å². The van der Waals surface area contributed by atoms with Gasteiger partial charge in [0.1, 0.15) is 0 Å². The first kappa shape index (κ1) is 30.7. The molecule has 1 aliphatic heterocycles. The second-order valence-electron chi connectivity index (χ2n) is 11.9. The summed E-state index contributed by atoms with van der Waals surface area (Å²) in [7, 11) is 1.83. The quantitative estimate of drug-likeness (QED) is 0.162. The largest absolute Gasteiger partial charge is 0.287 e. The van der Waals surface area contributed by atoms with Crippen LogP contribution in [-0.2, 0) is 0 Å². The van der Waals surface area contributed by atoms with E-state index in [4.69, 9.17) is 29.9 Å². The van der Waals surface area contributed by atoms with E-state index in [0.717, 1.165) is 72.8 Å². The highest BCUT2D eigenvalue weighted by atomic mass is 14.8. The summed E-state index contributed by atoms with van der Waals surface area (Å²) < 4.78 is 0. The SMILES string of the molecule is CN=C(/C(=C1\CC(c2ccccc2)=CC=N1)c1ccccn1)c1cccc(-c2ncc3c(-c4ccccc4)ccnc3c2-c2ccccn2)c1. The summed E-state index contributed by atoms with van der Waals surface area (Å²) in [6, 6.07) is 43.1. The van der Waals surface area contributed by atoms with E-state index in [1.165, 1.54) is 11.1 Å². The fourth-order valence-electron chi connectivity index (χ4n) is 6.57. The van der Waals surface area contributed by atoms with E-state index in [2.05, 4.69) is 66.7 Å². The highest BCUT2D eigenvalue weighted by molar-refractivity contribution is 6.32. The molecule has 0 atom stereocenters. The van der Waals surface area contributed by atoms with Gasteiger partial charge >= 0.3 is 0 Å². The normalized spacial score (nSPS) is 14.0. The minimum atomic E-state index is 0.649. The van der Waals surface area contributed by atoms with Crippen LogP contribution in [0.3, 0.4) is 0 Å². The predicted octanol–water partition coefficient (Wildman–Crippen LogP) is 9.81. The van der Waals surface area contributed by atoms with Crippen molar-refractivity contribution in [2.75, 3.05) is 7.05 Å². The molecule has 6 heteroatoms. The first-order valence-corrected chi connectivity index (χ1v) is 16.5. The lowest BCUT2D eigenvalue weighted by Gasteiger charge is -2.19. The zero-order chi connectivity index (χ0) is 33.7. The molecule has 50 heavy (non-hydrogen) atoms. The van der Waals surface area contributed by atoms with Crippen LogP contribution in [0.2, 0.25) is 0 Å². The average molecular weight is 645 g/mol. The van der Waals surface area contributed by atoms with Crippen LogP contribution in [0.1, 0.15) is 23.2 Å². The molecular formula is C44H32N6. The molecule has 3 aromatic carbocycles. The van der Waals surface area contributed by atoms with Crippen LogP contribution in [-0.4, -0.2) is 38.9 Å². The van der Waals surface area contributed by atoms with Crippen molar-refractivity contribution in [3.8, 4) is 33.6 Å². The Morgan fingerprint density at radius 3 is 2.12 bits per heavy atom. The molecule has 0 saturated carbocycles. The molecule has 7 aromatic rings. The van der Waals surface area contributed by atoms with Gasteiger partial charge in [0.05, 0.1) is 39.6 Å². The van der Waals surface area contributed by atoms with Gasteiger partial charge in [0.15, 0.2) is 0 Å². The molecule has 0 spiro atoms. The number of nitrogens with zero attached hydrogens (tertiary/aromatic N) is 6. The van der Waals surface area contributed by atoms with Gasteiger partial charge in [-0.25, -0.2) is 0 Å². The Kier molecular flexibility index (Phi) is 8.48. The van der Waals surface area contributed by atoms with Crippen LogP contribution in [0.25, 0.3) is 55.7 Å². The Hall–Kier alpha value is -6.66. The van der Waals surface area contributed by atoms with Crippen molar-refractivity contribution in [3.05, 3.63) is 181 Å². The van der Waals surface area contributed by atoms with Gasteiger partial charge < -0.3 is 0 Å². The Bertz CT molecular complexity index is 2430. The molecule has 8 rings (SSSR count). The fourth-order valence-corrected chi connectivity index (χ4v) is 6.57. The number of allylic oxidation sites excluding steroid dienone is 3. The van der Waals surface area contributed by atoms with E-state index in [9.17, 15) is 0 Å². The van der Waals surface area contributed by atoms with Crippen molar-refractivity contribution in [1.29, 1.82) is 0 Å². The zero-order valence-electron chi connectivity index (χ0n) is 27.5. The molecule has 0 unspecified atom stereocenters. The van der Waals surface area contributed by atoms with E-state index in [0.29, 0.717) is 6.42 Å². The van der Waals surface area contributed by atoms with E-state index in [1.807, 2.05) is 105 Å². The number of dihydropyridines is 1. The minimum Gasteiger partial charge on any atom is -0.287 e. The highest BCUT2D eigenvalue weighted by Gasteiger charge is 2.23. The van der Waals surface area contributed by atoms with E-state index in [-0.39, 0.29) is 0 Å². The first-order valence-electron chi connectivity index (χ1n) is 16.5. The van der Waals surface area contributed by atoms with Crippen molar-refractivity contribution >= 4 is 34.0 Å². The number of hydrogen-bond acceptors (Lipinski definition) is 6. The van der Waals surface area contributed by atoms with Crippen LogP contribution in [0.5, 0.6) is 0 Å². The van der Waals surface area contributed by atoms with E-state index < -0.39 is 0 Å². The zero-order valence-corrected chi connectivity index (χ0v) is 27.5. The van der Waals surface area contributed by atoms with Gasteiger partial charge in [-0.15, -0.1) is 0 Å². The smallest absolute Gasteiger partial charge is 0.0839 e. The molecule has 0 saturated heterocycles. The lowest BCUT2D eigenvalue weighted by Crippen LogP contribution is -2.10. The van der Waals surface area contributed by atoms with Crippen molar-refractivity contribution in [2.45, 2.75) is 6.42 Å². The average Bonchev–Trinajstić information content (AvgIpc) is 3.20. The molecule has 1 aliphatic rings. The third-order valence-corrected chi connectivity index (χ3v) is 8.88. The first-order chi connectivity index (χ1) is 24.8. The number of aromatic nitrogens is 4. The summed E-state index contributed by atoms with van der Waals surface area (Å²) in [6.07, 6.45) is 12.0. The van der Waals surface area contributed by atoms with Gasteiger partial charge in [-0.05, 0) is 64.7 Å². The molecule has 0 N–H and O–H groups in total. The Balaban J connectivity index is 1.29. The maximum atomic E-state index is 5.13. The van der Waals surface area contributed by atoms with Crippen LogP contribution in [0, 0.1) is 0 Å². The summed E-state index contributed by atoms with van der Waals surface area (Å²) in [4.78, 5) is 29.4. The van der Waals surface area contributed by atoms with E-state index >= 15 is 0 Å². The Morgan fingerprint density at radius 2 is 1.38 bits per heavy atom. The molecule has 0 bridgehead atoms. The third-order valence-electron chi connectivity index (χ3n) is 8.88. The van der Waals surface area contributed by atoms with Crippen LogP contribution < -0.4 is 0 Å². The van der Waals surface area contributed by atoms with Gasteiger partial charge in [-0.1, -0.05) is 91.0 Å². The predicted molar refractivity (Wildman–Crippen MR) is 205 cm³/mol. The van der Waals surface area contributed by atoms with Crippen molar-refractivity contribution in [3.63, 3.8) is 0 Å². The lowest BCUT2D eigenvalue weighted by atomic mass is 9.90. The molecule has 0 amide bonds. The van der Waals surface area contributed by atoms with Crippen LogP contribution in [0.15, 0.2) is 174 Å². The Morgan fingerprint density at radius 1 is 0.640 bits per heavy atom. The number of fused-ring (bicyclic) bond motifs is 1. The number of benzene rings is 3. The number of rotatable bonds is 7. The molecule has 238 valence electrons. The number of hydrogen-bond donors (Lipinski definition) is 0. The maximum absolute atomic E-state index is 5.13. The second kappa shape index (κ2) is 13.8. The van der Waals surface area contributed by atoms with Gasteiger partial charge in [0, 0.05) is 66.6 Å². The number of aliphatic imine (C=N–C) groups is 2. The number of pyridine rings is 4. The standard InChI is InChI=1S/C44H32N6/c1-45-42(40(37-19-8-10-23-46-37)39-28-32(21-25-48-39)30-13-4-2-5-14-30)33-17-12-18-34(27-33)43-41(38-20-9-11-24-47-38)44-36(29-50-43)35(22-26-49-44)31-15-6-3-7-16-31/h2-27,29H,28H2,1H3/b40-39+,45-42?. The maximum Gasteiger partial charge on any atom is 0.0839 e. The monoisotopic (exact) mass is 644 g/mol. The molecule has 4 aromatic heterocycles. The molecule has 6 nitrogen and oxygen atoms in total. The highest BCUT2D eigenvalue weighted by Crippen LogP contribution is 2.39. The summed E-state index contributed by atoms with van der Waals surface area (Å²) in [5.41, 5.74) is 13.2. The summed E-state index contributed by atoms with van der Waals surface area (Å²) in [5, 5.41) is 0.967. The molecule has 5 heterocycles. The third kappa shape index (κ3) is 5.95. The minimum absolute atomic E-state index is 0.649. The van der Waals surface area contributed by atoms with E-state index in [1.54, 1.807) is 0 Å². The molecule has 0 radical (unpaired) electrons. The fraction of sp³-hybridized carbons (Fsp3) is 0.0455. The molecule has 0 aliphatic carbocycles. The second-order valence-corrected chi connectivity index (χ2v) is 11.9. The van der Waals surface area contributed by atoms with Crippen molar-refractivity contribution < 1.29 is 0 Å². The van der Waals surface area contributed by atoms with Gasteiger partial charge in [0.2, 0.25) is 0 Å². The molecular weight excluding hydrogens is 613 g/mol. The van der Waals surface area contributed by atoms with Gasteiger partial charge in [0.25, 0.3) is 0 Å². The van der Waals surface area contributed by atoms with Gasteiger partial charge in [-0.3, -0.25) is 29.9 Å².